The van der Waals surface area contributed by atoms with Gasteiger partial charge in [-0.05, 0) is 19.3 Å². The van der Waals surface area contributed by atoms with Gasteiger partial charge in [-0.3, -0.25) is 0 Å². The molecule has 96 valence electrons. The molecule has 0 aromatic carbocycles. The minimum atomic E-state index is -4.09. The largest absolute Gasteiger partial charge is 1.00 e. The molecule has 0 saturated heterocycles. The Morgan fingerprint density at radius 1 is 1.33 bits per heavy atom. The molecule has 1 aliphatic heterocycles. The Hall–Kier alpha value is -0.193. The maximum absolute atomic E-state index is 10.4. The zero-order valence-corrected chi connectivity index (χ0v) is 11.8. The third-order valence-electron chi connectivity index (χ3n) is 2.48. The van der Waals surface area contributed by atoms with Gasteiger partial charge in [0.15, 0.2) is 11.5 Å². The van der Waals surface area contributed by atoms with Gasteiger partial charge in [0, 0.05) is 16.5 Å². The summed E-state index contributed by atoms with van der Waals surface area (Å²) in [5, 5.41) is 3.76. The van der Waals surface area contributed by atoms with Crippen LogP contribution in [-0.4, -0.2) is 31.4 Å². The molecule has 0 fully saturated rings. The Labute approximate surface area is 122 Å². The fraction of sp³-hybridized carbons (Fsp3) is 0.600. The second-order valence-electron chi connectivity index (χ2n) is 3.91. The fourth-order valence-corrected chi connectivity index (χ4v) is 2.88. The summed E-state index contributed by atoms with van der Waals surface area (Å²) in [5.41, 5.74) is 0. The fourth-order valence-electron chi connectivity index (χ4n) is 1.65. The van der Waals surface area contributed by atoms with Gasteiger partial charge >= 0.3 is 18.9 Å². The van der Waals surface area contributed by atoms with Crippen LogP contribution in [0.5, 0.6) is 11.5 Å². The standard InChI is InChI=1S/C10H14O5S2.Li/c11-17(12,13)4-2-1-3-8-5-14-9-6-16-7-10(9)15-8;/h6-8H,1-5H2,(H,11,12,13);/q;+1/p-1. The molecule has 0 aliphatic carbocycles. The topological polar surface area (TPSA) is 75.7 Å². The van der Waals surface area contributed by atoms with E-state index in [0.717, 1.165) is 11.5 Å². The van der Waals surface area contributed by atoms with Gasteiger partial charge in [0.05, 0.1) is 10.1 Å². The molecule has 0 bridgehead atoms. The number of rotatable bonds is 5. The molecule has 1 aromatic rings. The summed E-state index contributed by atoms with van der Waals surface area (Å²) in [6.45, 7) is 0.480. The van der Waals surface area contributed by atoms with Crippen LogP contribution in [0.25, 0.3) is 0 Å². The summed E-state index contributed by atoms with van der Waals surface area (Å²) in [7, 11) is -4.09. The predicted octanol–water partition coefficient (Wildman–Crippen LogP) is -1.39. The van der Waals surface area contributed by atoms with Crippen LogP contribution in [0, 0.1) is 0 Å². The van der Waals surface area contributed by atoms with E-state index in [1.54, 1.807) is 0 Å². The van der Waals surface area contributed by atoms with Crippen molar-refractivity contribution in [1.29, 1.82) is 0 Å². The van der Waals surface area contributed by atoms with Crippen molar-refractivity contribution in [1.82, 2.24) is 0 Å². The van der Waals surface area contributed by atoms with E-state index in [0.29, 0.717) is 25.9 Å². The molecule has 18 heavy (non-hydrogen) atoms. The summed E-state index contributed by atoms with van der Waals surface area (Å²) in [6.07, 6.45) is 1.67. The van der Waals surface area contributed by atoms with Crippen molar-refractivity contribution in [2.75, 3.05) is 12.4 Å². The minimum Gasteiger partial charge on any atom is -0.748 e. The quantitative estimate of drug-likeness (QED) is 0.378. The van der Waals surface area contributed by atoms with E-state index in [1.165, 1.54) is 11.3 Å². The molecule has 5 nitrogen and oxygen atoms in total. The predicted molar refractivity (Wildman–Crippen MR) is 62.6 cm³/mol. The third-order valence-corrected chi connectivity index (χ3v) is 3.97. The van der Waals surface area contributed by atoms with Gasteiger partial charge < -0.3 is 14.0 Å². The van der Waals surface area contributed by atoms with E-state index >= 15 is 0 Å². The first kappa shape index (κ1) is 15.9. The number of fused-ring (bicyclic) bond motifs is 1. The summed E-state index contributed by atoms with van der Waals surface area (Å²) >= 11 is 1.52. The Morgan fingerprint density at radius 2 is 2.06 bits per heavy atom. The van der Waals surface area contributed by atoms with Crippen molar-refractivity contribution >= 4 is 21.5 Å². The van der Waals surface area contributed by atoms with Crippen molar-refractivity contribution in [2.45, 2.75) is 25.4 Å². The van der Waals surface area contributed by atoms with Crippen molar-refractivity contribution in [3.05, 3.63) is 10.8 Å². The average Bonchev–Trinajstić information content (AvgIpc) is 2.70. The monoisotopic (exact) mass is 284 g/mol. The van der Waals surface area contributed by atoms with Crippen molar-refractivity contribution in [2.24, 2.45) is 0 Å². The zero-order valence-electron chi connectivity index (χ0n) is 10.1. The van der Waals surface area contributed by atoms with E-state index in [4.69, 9.17) is 9.47 Å². The number of unbranched alkanes of at least 4 members (excludes halogenated alkanes) is 1. The number of hydrogen-bond acceptors (Lipinski definition) is 6. The van der Waals surface area contributed by atoms with Crippen LogP contribution < -0.4 is 28.3 Å². The second kappa shape index (κ2) is 6.82. The van der Waals surface area contributed by atoms with Gasteiger partial charge in [-0.25, -0.2) is 8.42 Å². The van der Waals surface area contributed by atoms with Crippen LogP contribution in [0.2, 0.25) is 0 Å². The summed E-state index contributed by atoms with van der Waals surface area (Å²) in [6, 6.07) is 0. The van der Waals surface area contributed by atoms with Crippen LogP contribution in [0.1, 0.15) is 19.3 Å². The maximum atomic E-state index is 10.4. The van der Waals surface area contributed by atoms with E-state index in [2.05, 4.69) is 0 Å². The SMILES string of the molecule is O=S(=O)([O-])CCCCC1COc2cscc2O1.[Li+]. The Balaban J connectivity index is 0.00000162. The van der Waals surface area contributed by atoms with Gasteiger partial charge in [0.25, 0.3) is 0 Å². The summed E-state index contributed by atoms with van der Waals surface area (Å²) in [5.74, 6) is 1.22. The molecule has 8 heteroatoms. The maximum Gasteiger partial charge on any atom is 1.00 e. The first-order valence-electron chi connectivity index (χ1n) is 5.34. The van der Waals surface area contributed by atoms with E-state index in [9.17, 15) is 13.0 Å². The third kappa shape index (κ3) is 4.82. The smallest absolute Gasteiger partial charge is 0.748 e. The molecule has 0 N–H and O–H groups in total. The second-order valence-corrected chi connectivity index (χ2v) is 6.18. The van der Waals surface area contributed by atoms with Crippen LogP contribution in [0.3, 0.4) is 0 Å². The van der Waals surface area contributed by atoms with Crippen LogP contribution in [0.4, 0.5) is 0 Å². The Bertz CT molecular complexity index is 470. The van der Waals surface area contributed by atoms with E-state index < -0.39 is 10.1 Å². The van der Waals surface area contributed by atoms with Crippen molar-refractivity contribution in [3.63, 3.8) is 0 Å². The van der Waals surface area contributed by atoms with Crippen LogP contribution >= 0.6 is 11.3 Å². The molecule has 1 atom stereocenters. The Kier molecular flexibility index (Phi) is 6.01. The molecule has 2 heterocycles. The molecule has 2 rings (SSSR count). The van der Waals surface area contributed by atoms with E-state index in [-0.39, 0.29) is 30.7 Å². The molecule has 1 unspecified atom stereocenters. The van der Waals surface area contributed by atoms with Crippen molar-refractivity contribution < 1.29 is 41.3 Å². The number of ether oxygens (including phenoxy) is 2. The van der Waals surface area contributed by atoms with Gasteiger partial charge in [-0.1, -0.05) is 0 Å². The van der Waals surface area contributed by atoms with Crippen molar-refractivity contribution in [3.8, 4) is 11.5 Å². The molecule has 0 radical (unpaired) electrons. The number of thiophene rings is 1. The van der Waals surface area contributed by atoms with E-state index in [1.807, 2.05) is 10.8 Å². The molecule has 1 aliphatic rings. The van der Waals surface area contributed by atoms with Gasteiger partial charge in [-0.2, -0.15) is 0 Å². The summed E-state index contributed by atoms with van der Waals surface area (Å²) < 4.78 is 42.3. The zero-order chi connectivity index (χ0) is 12.3. The normalized spacial score (nSPS) is 18.2. The molecular formula is C10H13LiO5S2. The molecule has 0 amide bonds. The summed E-state index contributed by atoms with van der Waals surface area (Å²) in [4.78, 5) is 0. The molecule has 0 saturated carbocycles. The van der Waals surface area contributed by atoms with Crippen LogP contribution in [-0.2, 0) is 10.1 Å². The number of hydrogen-bond donors (Lipinski definition) is 0. The van der Waals surface area contributed by atoms with Gasteiger partial charge in [0.2, 0.25) is 0 Å². The first-order valence-corrected chi connectivity index (χ1v) is 7.86. The molecule has 1 aromatic heterocycles. The molecule has 0 spiro atoms. The van der Waals surface area contributed by atoms with Gasteiger partial charge in [0.1, 0.15) is 12.7 Å². The van der Waals surface area contributed by atoms with Crippen LogP contribution in [0.15, 0.2) is 10.8 Å². The first-order chi connectivity index (χ1) is 8.04. The minimum absolute atomic E-state index is 0. The Morgan fingerprint density at radius 3 is 2.78 bits per heavy atom. The molecular weight excluding hydrogens is 271 g/mol. The average molecular weight is 284 g/mol. The van der Waals surface area contributed by atoms with Gasteiger partial charge in [-0.15, -0.1) is 11.3 Å².